The minimum atomic E-state index is 0.494. The number of hydrogen-bond acceptors (Lipinski definition) is 5. The molecule has 0 amide bonds. The Labute approximate surface area is 108 Å². The Balaban J connectivity index is 1.57. The molecule has 3 heterocycles. The zero-order valence-corrected chi connectivity index (χ0v) is 10.8. The molecule has 2 bridgehead atoms. The first-order valence-corrected chi connectivity index (χ1v) is 6.76. The maximum atomic E-state index is 5.78. The van der Waals surface area contributed by atoms with E-state index >= 15 is 0 Å². The average molecular weight is 247 g/mol. The molecule has 5 nitrogen and oxygen atoms in total. The van der Waals surface area contributed by atoms with E-state index in [4.69, 9.17) is 5.73 Å². The van der Waals surface area contributed by atoms with Crippen LogP contribution in [0.15, 0.2) is 12.4 Å². The molecule has 0 radical (unpaired) electrons. The molecule has 2 aliphatic rings. The third-order valence-corrected chi connectivity index (χ3v) is 4.48. The highest BCUT2D eigenvalue weighted by molar-refractivity contribution is 5.54. The summed E-state index contributed by atoms with van der Waals surface area (Å²) in [7, 11) is 2.27. The number of rotatable bonds is 3. The first-order chi connectivity index (χ1) is 8.74. The van der Waals surface area contributed by atoms with Crippen molar-refractivity contribution in [3.63, 3.8) is 0 Å². The Hall–Kier alpha value is -1.36. The fourth-order valence-corrected chi connectivity index (χ4v) is 3.42. The number of nitrogens with two attached hydrogens (primary N) is 1. The summed E-state index contributed by atoms with van der Waals surface area (Å²) >= 11 is 0. The molecule has 0 saturated carbocycles. The van der Waals surface area contributed by atoms with Crippen LogP contribution in [0.2, 0.25) is 0 Å². The van der Waals surface area contributed by atoms with Crippen LogP contribution in [0.4, 0.5) is 11.6 Å². The second kappa shape index (κ2) is 4.72. The number of hydrogen-bond donors (Lipinski definition) is 2. The van der Waals surface area contributed by atoms with E-state index in [1.54, 1.807) is 12.4 Å². The fourth-order valence-electron chi connectivity index (χ4n) is 3.42. The molecule has 18 heavy (non-hydrogen) atoms. The number of anilines is 2. The van der Waals surface area contributed by atoms with E-state index in [1.165, 1.54) is 25.7 Å². The number of aromatic nitrogens is 2. The molecule has 3 rings (SSSR count). The van der Waals surface area contributed by atoms with Gasteiger partial charge in [0.25, 0.3) is 0 Å². The normalized spacial score (nSPS) is 31.5. The van der Waals surface area contributed by atoms with Gasteiger partial charge in [0.05, 0.1) is 0 Å². The first kappa shape index (κ1) is 11.7. The number of piperidine rings is 1. The standard InChI is InChI=1S/C13H21N5/c1-18-10-2-3-11(18)7-9(6-10)8-17-13-12(14)15-4-5-16-13/h4-5,9-11H,2-3,6-8H2,1H3,(H2,14,15)(H,16,17). The molecule has 0 aliphatic carbocycles. The summed E-state index contributed by atoms with van der Waals surface area (Å²) in [5.74, 6) is 1.96. The lowest BCUT2D eigenvalue weighted by Gasteiger charge is -2.36. The zero-order chi connectivity index (χ0) is 12.5. The second-order valence-corrected chi connectivity index (χ2v) is 5.56. The van der Waals surface area contributed by atoms with Crippen LogP contribution in [0.3, 0.4) is 0 Å². The molecule has 2 atom stereocenters. The van der Waals surface area contributed by atoms with E-state index in [2.05, 4.69) is 27.2 Å². The van der Waals surface area contributed by atoms with Crippen molar-refractivity contribution >= 4 is 11.6 Å². The van der Waals surface area contributed by atoms with E-state index in [0.717, 1.165) is 30.4 Å². The Morgan fingerprint density at radius 1 is 1.28 bits per heavy atom. The van der Waals surface area contributed by atoms with Gasteiger partial charge in [-0.15, -0.1) is 0 Å². The van der Waals surface area contributed by atoms with Crippen LogP contribution in [0.25, 0.3) is 0 Å². The molecule has 2 aliphatic heterocycles. The molecule has 0 aromatic carbocycles. The SMILES string of the molecule is CN1C2CCC1CC(CNc1nccnc1N)C2. The molecular formula is C13H21N5. The molecule has 1 aromatic rings. The highest BCUT2D eigenvalue weighted by Gasteiger charge is 2.38. The zero-order valence-electron chi connectivity index (χ0n) is 10.8. The van der Waals surface area contributed by atoms with Crippen LogP contribution in [0, 0.1) is 5.92 Å². The van der Waals surface area contributed by atoms with Crippen molar-refractivity contribution in [3.8, 4) is 0 Å². The van der Waals surface area contributed by atoms with Crippen molar-refractivity contribution in [2.45, 2.75) is 37.8 Å². The quantitative estimate of drug-likeness (QED) is 0.844. The van der Waals surface area contributed by atoms with Gasteiger partial charge in [-0.25, -0.2) is 9.97 Å². The highest BCUT2D eigenvalue weighted by Crippen LogP contribution is 2.37. The van der Waals surface area contributed by atoms with Gasteiger partial charge in [-0.05, 0) is 38.6 Å². The summed E-state index contributed by atoms with van der Waals surface area (Å²) < 4.78 is 0. The Morgan fingerprint density at radius 2 is 1.94 bits per heavy atom. The van der Waals surface area contributed by atoms with E-state index < -0.39 is 0 Å². The summed E-state index contributed by atoms with van der Waals surface area (Å²) in [5, 5.41) is 3.35. The van der Waals surface area contributed by atoms with Crippen molar-refractivity contribution < 1.29 is 0 Å². The van der Waals surface area contributed by atoms with Gasteiger partial charge in [0.2, 0.25) is 0 Å². The van der Waals surface area contributed by atoms with Crippen molar-refractivity contribution in [1.82, 2.24) is 14.9 Å². The van der Waals surface area contributed by atoms with Gasteiger partial charge in [0.1, 0.15) is 0 Å². The monoisotopic (exact) mass is 247 g/mol. The van der Waals surface area contributed by atoms with Crippen LogP contribution < -0.4 is 11.1 Å². The summed E-state index contributed by atoms with van der Waals surface area (Å²) in [6.07, 6.45) is 8.61. The minimum Gasteiger partial charge on any atom is -0.381 e. The van der Waals surface area contributed by atoms with Gasteiger partial charge in [-0.3, -0.25) is 0 Å². The summed E-state index contributed by atoms with van der Waals surface area (Å²) in [4.78, 5) is 10.8. The van der Waals surface area contributed by atoms with Crippen molar-refractivity contribution in [2.75, 3.05) is 24.6 Å². The number of nitrogens with zero attached hydrogens (tertiary/aromatic N) is 3. The number of fused-ring (bicyclic) bond motifs is 2. The maximum Gasteiger partial charge on any atom is 0.168 e. The minimum absolute atomic E-state index is 0.494. The summed E-state index contributed by atoms with van der Waals surface area (Å²) in [6.45, 7) is 0.962. The predicted octanol–water partition coefficient (Wildman–Crippen LogP) is 1.34. The maximum absolute atomic E-state index is 5.78. The van der Waals surface area contributed by atoms with Crippen LogP contribution >= 0.6 is 0 Å². The van der Waals surface area contributed by atoms with Crippen LogP contribution in [0.5, 0.6) is 0 Å². The molecule has 2 saturated heterocycles. The second-order valence-electron chi connectivity index (χ2n) is 5.56. The summed E-state index contributed by atoms with van der Waals surface area (Å²) in [6, 6.07) is 1.57. The molecule has 2 unspecified atom stereocenters. The highest BCUT2D eigenvalue weighted by atomic mass is 15.2. The lowest BCUT2D eigenvalue weighted by atomic mass is 9.91. The van der Waals surface area contributed by atoms with Gasteiger partial charge < -0.3 is 16.0 Å². The van der Waals surface area contributed by atoms with Crippen LogP contribution in [-0.4, -0.2) is 40.5 Å². The molecule has 2 fully saturated rings. The van der Waals surface area contributed by atoms with Crippen molar-refractivity contribution in [2.24, 2.45) is 5.92 Å². The van der Waals surface area contributed by atoms with E-state index in [1.807, 2.05) is 0 Å². The average Bonchev–Trinajstić information content (AvgIpc) is 2.62. The lowest BCUT2D eigenvalue weighted by Crippen LogP contribution is -2.41. The van der Waals surface area contributed by atoms with Crippen molar-refractivity contribution in [3.05, 3.63) is 12.4 Å². The smallest absolute Gasteiger partial charge is 0.168 e. The molecule has 0 spiro atoms. The van der Waals surface area contributed by atoms with E-state index in [9.17, 15) is 0 Å². The number of nitrogens with one attached hydrogen (secondary N) is 1. The van der Waals surface area contributed by atoms with E-state index in [-0.39, 0.29) is 0 Å². The Morgan fingerprint density at radius 3 is 2.61 bits per heavy atom. The largest absolute Gasteiger partial charge is 0.381 e. The number of nitrogen functional groups attached to an aromatic ring is 1. The Bertz CT molecular complexity index is 408. The van der Waals surface area contributed by atoms with E-state index in [0.29, 0.717) is 5.82 Å². The van der Waals surface area contributed by atoms with Crippen LogP contribution in [-0.2, 0) is 0 Å². The Kier molecular flexibility index (Phi) is 3.07. The van der Waals surface area contributed by atoms with Gasteiger partial charge in [-0.1, -0.05) is 0 Å². The molecule has 1 aromatic heterocycles. The lowest BCUT2D eigenvalue weighted by molar-refractivity contribution is 0.139. The van der Waals surface area contributed by atoms with Gasteiger partial charge in [0, 0.05) is 31.0 Å². The predicted molar refractivity (Wildman–Crippen MR) is 72.2 cm³/mol. The topological polar surface area (TPSA) is 67.1 Å². The molecule has 5 heteroatoms. The third kappa shape index (κ3) is 2.14. The van der Waals surface area contributed by atoms with Gasteiger partial charge in [-0.2, -0.15) is 0 Å². The fraction of sp³-hybridized carbons (Fsp3) is 0.692. The van der Waals surface area contributed by atoms with Crippen molar-refractivity contribution in [1.29, 1.82) is 0 Å². The molecular weight excluding hydrogens is 226 g/mol. The molecule has 98 valence electrons. The van der Waals surface area contributed by atoms with Crippen LogP contribution in [0.1, 0.15) is 25.7 Å². The first-order valence-electron chi connectivity index (χ1n) is 6.76. The third-order valence-electron chi connectivity index (χ3n) is 4.48. The van der Waals surface area contributed by atoms with Gasteiger partial charge >= 0.3 is 0 Å². The summed E-state index contributed by atoms with van der Waals surface area (Å²) in [5.41, 5.74) is 5.78. The van der Waals surface area contributed by atoms with Gasteiger partial charge in [0.15, 0.2) is 11.6 Å². The molecule has 3 N–H and O–H groups in total.